The lowest BCUT2D eigenvalue weighted by Gasteiger charge is -2.10. The second-order valence-electron chi connectivity index (χ2n) is 6.18. The van der Waals surface area contributed by atoms with Crippen LogP contribution in [-0.2, 0) is 4.79 Å². The van der Waals surface area contributed by atoms with Crippen LogP contribution in [0.15, 0.2) is 76.5 Å². The Balaban J connectivity index is 1.59. The summed E-state index contributed by atoms with van der Waals surface area (Å²) < 4.78 is 7.35. The lowest BCUT2D eigenvalue weighted by Crippen LogP contribution is -2.14. The van der Waals surface area contributed by atoms with Crippen LogP contribution < -0.4 is 5.32 Å². The van der Waals surface area contributed by atoms with Crippen molar-refractivity contribution in [1.82, 2.24) is 14.8 Å². The first kappa shape index (κ1) is 19.3. The van der Waals surface area contributed by atoms with Gasteiger partial charge in [-0.2, -0.15) is 0 Å². The molecule has 6 nitrogen and oxygen atoms in total. The Labute approximate surface area is 176 Å². The van der Waals surface area contributed by atoms with Crippen LogP contribution in [0.4, 0.5) is 5.69 Å². The third kappa shape index (κ3) is 4.21. The zero-order chi connectivity index (χ0) is 20.2. The molecule has 2 heterocycles. The summed E-state index contributed by atoms with van der Waals surface area (Å²) in [5, 5.41) is 12.6. The maximum Gasteiger partial charge on any atom is 0.234 e. The van der Waals surface area contributed by atoms with Gasteiger partial charge in [0, 0.05) is 5.69 Å². The Hall–Kier alpha value is -3.03. The molecular formula is C21H17ClN4O2S. The SMILES string of the molecule is Cc1occc1-c1nnc(SCC(=O)Nc2ccccc2Cl)n1-c1ccccc1. The number of thioether (sulfide) groups is 1. The van der Waals surface area contributed by atoms with Crippen LogP contribution in [0.25, 0.3) is 17.1 Å². The molecule has 0 saturated carbocycles. The van der Waals surface area contributed by atoms with E-state index in [0.29, 0.717) is 21.7 Å². The van der Waals surface area contributed by atoms with Gasteiger partial charge in [-0.3, -0.25) is 9.36 Å². The zero-order valence-corrected chi connectivity index (χ0v) is 17.1. The summed E-state index contributed by atoms with van der Waals surface area (Å²) in [6.07, 6.45) is 1.62. The highest BCUT2D eigenvalue weighted by Gasteiger charge is 2.19. The number of amides is 1. The number of benzene rings is 2. The van der Waals surface area contributed by atoms with E-state index in [-0.39, 0.29) is 11.7 Å². The number of nitrogens with one attached hydrogen (secondary N) is 1. The van der Waals surface area contributed by atoms with E-state index in [1.807, 2.05) is 60.0 Å². The Morgan fingerprint density at radius 3 is 2.59 bits per heavy atom. The van der Waals surface area contributed by atoms with Gasteiger partial charge in [0.2, 0.25) is 5.91 Å². The smallest absolute Gasteiger partial charge is 0.234 e. The predicted octanol–water partition coefficient (Wildman–Crippen LogP) is 5.22. The van der Waals surface area contributed by atoms with Gasteiger partial charge in [-0.1, -0.05) is 53.7 Å². The van der Waals surface area contributed by atoms with Crippen molar-refractivity contribution < 1.29 is 9.21 Å². The number of nitrogens with zero attached hydrogens (tertiary/aromatic N) is 3. The van der Waals surface area contributed by atoms with E-state index in [0.717, 1.165) is 17.0 Å². The van der Waals surface area contributed by atoms with Gasteiger partial charge in [0.25, 0.3) is 0 Å². The summed E-state index contributed by atoms with van der Waals surface area (Å²) in [4.78, 5) is 12.4. The van der Waals surface area contributed by atoms with Crippen LogP contribution in [0.2, 0.25) is 5.02 Å². The molecule has 2 aromatic carbocycles. The number of furan rings is 1. The molecule has 1 amide bonds. The summed E-state index contributed by atoms with van der Waals surface area (Å²) in [6.45, 7) is 1.88. The number of hydrogen-bond acceptors (Lipinski definition) is 5. The molecule has 1 N–H and O–H groups in total. The molecular weight excluding hydrogens is 408 g/mol. The van der Waals surface area contributed by atoms with Crippen molar-refractivity contribution >= 4 is 35.0 Å². The van der Waals surface area contributed by atoms with Crippen LogP contribution in [0, 0.1) is 6.92 Å². The lowest BCUT2D eigenvalue weighted by atomic mass is 10.2. The second kappa shape index (κ2) is 8.55. The number of rotatable bonds is 6. The van der Waals surface area contributed by atoms with E-state index < -0.39 is 0 Å². The summed E-state index contributed by atoms with van der Waals surface area (Å²) in [5.41, 5.74) is 2.34. The molecule has 0 spiro atoms. The van der Waals surface area contributed by atoms with Crippen molar-refractivity contribution in [3.63, 3.8) is 0 Å². The number of carbonyl (C=O) groups is 1. The third-order valence-electron chi connectivity index (χ3n) is 4.23. The van der Waals surface area contributed by atoms with Gasteiger partial charge in [-0.15, -0.1) is 10.2 Å². The topological polar surface area (TPSA) is 72.9 Å². The first-order valence-corrected chi connectivity index (χ1v) is 10.2. The summed E-state index contributed by atoms with van der Waals surface area (Å²) >= 11 is 7.41. The molecule has 0 aliphatic rings. The molecule has 0 saturated heterocycles. The molecule has 8 heteroatoms. The standard InChI is InChI=1S/C21H17ClN4O2S/c1-14-16(11-12-28-14)20-24-25-21(26(20)15-7-3-2-4-8-15)29-13-19(27)23-18-10-6-5-9-17(18)22/h2-12H,13H2,1H3,(H,23,27). The fraction of sp³-hybridized carbons (Fsp3) is 0.0952. The molecule has 0 bridgehead atoms. The minimum Gasteiger partial charge on any atom is -0.469 e. The van der Waals surface area contributed by atoms with Gasteiger partial charge in [-0.05, 0) is 37.3 Å². The van der Waals surface area contributed by atoms with Gasteiger partial charge in [0.05, 0.1) is 28.3 Å². The molecule has 0 unspecified atom stereocenters. The van der Waals surface area contributed by atoms with Crippen LogP contribution in [-0.4, -0.2) is 26.4 Å². The number of aryl methyl sites for hydroxylation is 1. The van der Waals surface area contributed by atoms with Crippen molar-refractivity contribution in [1.29, 1.82) is 0 Å². The van der Waals surface area contributed by atoms with Gasteiger partial charge >= 0.3 is 0 Å². The van der Waals surface area contributed by atoms with Crippen LogP contribution >= 0.6 is 23.4 Å². The molecule has 4 aromatic rings. The van der Waals surface area contributed by atoms with Crippen molar-refractivity contribution in [2.45, 2.75) is 12.1 Å². The largest absolute Gasteiger partial charge is 0.469 e. The van der Waals surface area contributed by atoms with Gasteiger partial charge < -0.3 is 9.73 Å². The minimum absolute atomic E-state index is 0.167. The van der Waals surface area contributed by atoms with Gasteiger partial charge in [0.15, 0.2) is 11.0 Å². The molecule has 0 radical (unpaired) electrons. The van der Waals surface area contributed by atoms with Crippen molar-refractivity contribution in [2.75, 3.05) is 11.1 Å². The average Bonchev–Trinajstić information content (AvgIpc) is 3.34. The summed E-state index contributed by atoms with van der Waals surface area (Å²) in [6, 6.07) is 18.8. The number of anilines is 1. The van der Waals surface area contributed by atoms with Gasteiger partial charge in [0.1, 0.15) is 5.76 Å². The van der Waals surface area contributed by atoms with Crippen molar-refractivity contribution in [3.8, 4) is 17.1 Å². The molecule has 0 aliphatic heterocycles. The number of carbonyl (C=O) groups excluding carboxylic acids is 1. The molecule has 0 fully saturated rings. The monoisotopic (exact) mass is 424 g/mol. The summed E-state index contributed by atoms with van der Waals surface area (Å²) in [7, 11) is 0. The number of hydrogen-bond donors (Lipinski definition) is 1. The van der Waals surface area contributed by atoms with Gasteiger partial charge in [-0.25, -0.2) is 0 Å². The first-order chi connectivity index (χ1) is 14.1. The second-order valence-corrected chi connectivity index (χ2v) is 7.53. The highest BCUT2D eigenvalue weighted by Crippen LogP contribution is 2.30. The lowest BCUT2D eigenvalue weighted by molar-refractivity contribution is -0.113. The Kier molecular flexibility index (Phi) is 5.69. The fourth-order valence-corrected chi connectivity index (χ4v) is 3.78. The highest BCUT2D eigenvalue weighted by atomic mass is 35.5. The predicted molar refractivity (Wildman–Crippen MR) is 115 cm³/mol. The maximum atomic E-state index is 12.4. The third-order valence-corrected chi connectivity index (χ3v) is 5.49. The quantitative estimate of drug-likeness (QED) is 0.429. The van der Waals surface area contributed by atoms with E-state index in [1.165, 1.54) is 11.8 Å². The summed E-state index contributed by atoms with van der Waals surface area (Å²) in [5.74, 6) is 1.41. The molecule has 0 aliphatic carbocycles. The number of para-hydroxylation sites is 2. The van der Waals surface area contributed by atoms with E-state index in [2.05, 4.69) is 15.5 Å². The maximum absolute atomic E-state index is 12.4. The van der Waals surface area contributed by atoms with E-state index in [4.69, 9.17) is 16.0 Å². The molecule has 146 valence electrons. The minimum atomic E-state index is -0.174. The highest BCUT2D eigenvalue weighted by molar-refractivity contribution is 7.99. The Morgan fingerprint density at radius 2 is 1.86 bits per heavy atom. The Bertz CT molecular complexity index is 1140. The fourth-order valence-electron chi connectivity index (χ4n) is 2.84. The van der Waals surface area contributed by atoms with E-state index in [9.17, 15) is 4.79 Å². The normalized spacial score (nSPS) is 10.8. The first-order valence-electron chi connectivity index (χ1n) is 8.86. The van der Waals surface area contributed by atoms with Crippen LogP contribution in [0.5, 0.6) is 0 Å². The molecule has 4 rings (SSSR count). The van der Waals surface area contributed by atoms with Crippen LogP contribution in [0.1, 0.15) is 5.76 Å². The van der Waals surface area contributed by atoms with Crippen LogP contribution in [0.3, 0.4) is 0 Å². The average molecular weight is 425 g/mol. The molecule has 2 aromatic heterocycles. The molecule has 29 heavy (non-hydrogen) atoms. The van der Waals surface area contributed by atoms with Crippen molar-refractivity contribution in [3.05, 3.63) is 77.7 Å². The molecule has 0 atom stereocenters. The number of halogens is 1. The zero-order valence-electron chi connectivity index (χ0n) is 15.5. The Morgan fingerprint density at radius 1 is 1.10 bits per heavy atom. The van der Waals surface area contributed by atoms with E-state index in [1.54, 1.807) is 18.4 Å². The van der Waals surface area contributed by atoms with Crippen molar-refractivity contribution in [2.24, 2.45) is 0 Å². The number of aromatic nitrogens is 3. The van der Waals surface area contributed by atoms with E-state index >= 15 is 0 Å².